The average molecular weight is 1010 g/mol. The van der Waals surface area contributed by atoms with E-state index in [1.54, 1.807) is 0 Å². The Morgan fingerprint density at radius 1 is 0.500 bits per heavy atom. The summed E-state index contributed by atoms with van der Waals surface area (Å²) in [5, 5.41) is 19.1. The molecule has 0 radical (unpaired) electrons. The van der Waals surface area contributed by atoms with E-state index in [0.29, 0.717) is 77.0 Å². The third kappa shape index (κ3) is 9.00. The Balaban J connectivity index is 0.934. The van der Waals surface area contributed by atoms with Gasteiger partial charge in [-0.05, 0) is 147 Å². The zero-order valence-electron chi connectivity index (χ0n) is 44.6. The van der Waals surface area contributed by atoms with E-state index in [-0.39, 0.29) is 131 Å². The van der Waals surface area contributed by atoms with Crippen molar-refractivity contribution >= 4 is 35.8 Å². The van der Waals surface area contributed by atoms with E-state index in [1.165, 1.54) is 27.7 Å². The summed E-state index contributed by atoms with van der Waals surface area (Å²) in [6.07, 6.45) is 8.87. The number of carbonyl (C=O) groups is 6. The van der Waals surface area contributed by atoms with Crippen molar-refractivity contribution in [3.63, 3.8) is 0 Å². The van der Waals surface area contributed by atoms with E-state index >= 15 is 0 Å². The topological polar surface area (TPSA) is 217 Å². The fraction of sp³-hybridized carbons (Fsp3) is 0.893. The van der Waals surface area contributed by atoms with Gasteiger partial charge in [0.2, 0.25) is 11.6 Å². The predicted octanol–water partition coefficient (Wildman–Crippen LogP) is 9.78. The molecular formula is C56H84O16. The minimum absolute atomic E-state index is 0.0220. The van der Waals surface area contributed by atoms with Crippen LogP contribution >= 0.6 is 0 Å². The molecule has 1 aliphatic heterocycles. The Morgan fingerprint density at radius 2 is 0.847 bits per heavy atom. The highest BCUT2D eigenvalue weighted by atomic mass is 17.4. The highest BCUT2D eigenvalue weighted by molar-refractivity contribution is 5.68. The molecule has 16 heteroatoms. The lowest BCUT2D eigenvalue weighted by molar-refractivity contribution is -0.667. The van der Waals surface area contributed by atoms with Gasteiger partial charge < -0.3 is 29.2 Å². The molecule has 20 atom stereocenters. The smallest absolute Gasteiger partial charge is 0.303 e. The number of aliphatic carboxylic acids is 2. The zero-order chi connectivity index (χ0) is 52.1. The van der Waals surface area contributed by atoms with Gasteiger partial charge in [-0.1, -0.05) is 41.5 Å². The summed E-state index contributed by atoms with van der Waals surface area (Å²) in [7, 11) is 0. The van der Waals surface area contributed by atoms with E-state index in [2.05, 4.69) is 41.5 Å². The number of carboxylic acid groups (broad SMARTS) is 2. The van der Waals surface area contributed by atoms with Crippen LogP contribution in [0.2, 0.25) is 0 Å². The highest BCUT2D eigenvalue weighted by Gasteiger charge is 2.72. The second kappa shape index (κ2) is 19.3. The molecule has 2 spiro atoms. The quantitative estimate of drug-likeness (QED) is 0.106. The second-order valence-electron chi connectivity index (χ2n) is 25.9. The molecule has 0 aromatic heterocycles. The van der Waals surface area contributed by atoms with Crippen molar-refractivity contribution in [2.24, 2.45) is 92.7 Å². The fourth-order valence-electron chi connectivity index (χ4n) is 19.3. The van der Waals surface area contributed by atoms with Gasteiger partial charge in [-0.2, -0.15) is 19.6 Å². The average Bonchev–Trinajstić information content (AvgIpc) is 3.85. The number of esters is 4. The number of fused-ring (bicyclic) bond motifs is 10. The lowest BCUT2D eigenvalue weighted by Gasteiger charge is -2.66. The molecule has 404 valence electrons. The first-order valence-electron chi connectivity index (χ1n) is 27.6. The predicted molar refractivity (Wildman–Crippen MR) is 256 cm³/mol. The van der Waals surface area contributed by atoms with Crippen LogP contribution in [-0.4, -0.2) is 82.0 Å². The van der Waals surface area contributed by atoms with Gasteiger partial charge in [-0.15, -0.1) is 0 Å². The molecule has 0 aromatic carbocycles. The maximum absolute atomic E-state index is 13.0. The molecule has 9 fully saturated rings. The van der Waals surface area contributed by atoms with Gasteiger partial charge in [0.25, 0.3) is 0 Å². The van der Waals surface area contributed by atoms with Crippen LogP contribution in [0.1, 0.15) is 185 Å². The van der Waals surface area contributed by atoms with Crippen molar-refractivity contribution in [1.29, 1.82) is 0 Å². The van der Waals surface area contributed by atoms with Crippen molar-refractivity contribution in [2.45, 2.75) is 221 Å². The number of hydrogen-bond acceptors (Lipinski definition) is 14. The monoisotopic (exact) mass is 1010 g/mol. The second-order valence-corrected chi connectivity index (χ2v) is 25.9. The molecule has 2 N–H and O–H groups in total. The molecule has 16 nitrogen and oxygen atoms in total. The van der Waals surface area contributed by atoms with Crippen LogP contribution < -0.4 is 0 Å². The molecule has 72 heavy (non-hydrogen) atoms. The molecule has 0 bridgehead atoms. The molecule has 1 heterocycles. The van der Waals surface area contributed by atoms with Crippen molar-refractivity contribution < 1.29 is 77.5 Å². The molecule has 0 amide bonds. The minimum Gasteiger partial charge on any atom is -0.481 e. The van der Waals surface area contributed by atoms with E-state index in [9.17, 15) is 39.0 Å². The van der Waals surface area contributed by atoms with Crippen LogP contribution in [0, 0.1) is 92.7 Å². The van der Waals surface area contributed by atoms with Gasteiger partial charge in [-0.3, -0.25) is 28.8 Å². The number of carboxylic acids is 2. The molecule has 8 aliphatic carbocycles. The first-order chi connectivity index (χ1) is 33.8. The van der Waals surface area contributed by atoms with Gasteiger partial charge in [-0.25, -0.2) is 0 Å². The third-order valence-electron chi connectivity index (χ3n) is 22.6. The van der Waals surface area contributed by atoms with Crippen LogP contribution in [-0.2, 0) is 67.3 Å². The summed E-state index contributed by atoms with van der Waals surface area (Å²) in [5.74, 6) is -4.67. The van der Waals surface area contributed by atoms with Crippen LogP contribution in [0.5, 0.6) is 0 Å². The van der Waals surface area contributed by atoms with Crippen molar-refractivity contribution in [3.05, 3.63) is 0 Å². The lowest BCUT2D eigenvalue weighted by Crippen LogP contribution is -2.66. The van der Waals surface area contributed by atoms with Crippen molar-refractivity contribution in [3.8, 4) is 0 Å². The summed E-state index contributed by atoms with van der Waals surface area (Å²) in [5.41, 5.74) is -1.36. The first kappa shape index (κ1) is 53.5. The number of hydrogen-bond donors (Lipinski definition) is 2. The third-order valence-corrected chi connectivity index (χ3v) is 22.6. The van der Waals surface area contributed by atoms with Crippen LogP contribution in [0.4, 0.5) is 0 Å². The van der Waals surface area contributed by atoms with Gasteiger partial charge in [0.05, 0.1) is 0 Å². The molecule has 8 saturated carbocycles. The van der Waals surface area contributed by atoms with Gasteiger partial charge >= 0.3 is 35.8 Å². The number of ether oxygens (including phenoxy) is 4. The normalized spacial score (nSPS) is 47.8. The molecular weight excluding hydrogens is 929 g/mol. The maximum Gasteiger partial charge on any atom is 0.303 e. The fourth-order valence-corrected chi connectivity index (χ4v) is 19.3. The van der Waals surface area contributed by atoms with E-state index in [1.807, 2.05) is 0 Å². The van der Waals surface area contributed by atoms with E-state index < -0.39 is 46.6 Å². The highest BCUT2D eigenvalue weighted by Crippen LogP contribution is 2.73. The number of carbonyl (C=O) groups excluding carboxylic acids is 4. The largest absolute Gasteiger partial charge is 0.481 e. The molecule has 10 unspecified atom stereocenters. The van der Waals surface area contributed by atoms with Crippen LogP contribution in [0.25, 0.3) is 0 Å². The van der Waals surface area contributed by atoms with Gasteiger partial charge in [0, 0.05) is 88.9 Å². The Hall–Kier alpha value is -3.34. The summed E-state index contributed by atoms with van der Waals surface area (Å²) in [6.45, 7) is 19.2. The maximum atomic E-state index is 13.0. The van der Waals surface area contributed by atoms with E-state index in [4.69, 9.17) is 38.5 Å². The molecule has 9 rings (SSSR count). The summed E-state index contributed by atoms with van der Waals surface area (Å²) in [4.78, 5) is 101. The van der Waals surface area contributed by atoms with Crippen molar-refractivity contribution in [2.75, 3.05) is 0 Å². The zero-order valence-corrected chi connectivity index (χ0v) is 44.6. The summed E-state index contributed by atoms with van der Waals surface area (Å²) >= 11 is 0. The summed E-state index contributed by atoms with van der Waals surface area (Å²) in [6, 6.07) is 0. The van der Waals surface area contributed by atoms with Crippen LogP contribution in [0.3, 0.4) is 0 Å². The minimum atomic E-state index is -1.22. The van der Waals surface area contributed by atoms with E-state index in [0.717, 1.165) is 25.7 Å². The SMILES string of the molecule is CC(=O)O[C@H]1CC2C(C3CCC(C(C)CCC(=O)O)[C@]31C)[C@H](OC(C)=O)C[C@@H]1CC3(CC[C@]21C)OOC1(CC[C@]2(C)C4C[C@H](OC(C)=O)[C@]5(C)C(C(C)CCC(=O)O)CCC5C4[C@H](OC(C)=O)C[C@@H]2C1)OO3. The molecule has 0 aromatic rings. The lowest BCUT2D eigenvalue weighted by atomic mass is 9.42. The number of rotatable bonds is 12. The van der Waals surface area contributed by atoms with Gasteiger partial charge in [0.1, 0.15) is 24.4 Å². The van der Waals surface area contributed by atoms with Gasteiger partial charge in [0.15, 0.2) is 0 Å². The molecule has 1 saturated heterocycles. The first-order valence-corrected chi connectivity index (χ1v) is 27.6. The Bertz CT molecular complexity index is 1970. The van der Waals surface area contributed by atoms with Crippen LogP contribution in [0.15, 0.2) is 0 Å². The standard InChI is InChI=1S/C56H84O16/c1-29(11-17-47(61)62)37-13-15-39-49-41(25-45(53(37,39)9)67-33(5)59)51(7)19-21-55(27-35(51)23-43(49)65-31(3)57)69-71-56(72-70-55)22-20-52(8)36(28-56)24-44(66-32(4)58)50-40-16-14-38(30(2)12-18-48(63)64)54(40,10)46(26-42(50)52)68-34(6)60/h29-30,35-46,49-50H,11-28H2,1-10H3,(H,61,62)(H,63,64)/t29?,30?,35-,36-,37?,38?,39?,40?,41?,42?,43-,44-,45+,46+,49?,50?,51+,52+,53-,54-,55?,56?/m1/s1. The Morgan fingerprint density at radius 3 is 1.17 bits per heavy atom. The summed E-state index contributed by atoms with van der Waals surface area (Å²) < 4.78 is 25.3. The Labute approximate surface area is 425 Å². The van der Waals surface area contributed by atoms with Crippen molar-refractivity contribution in [1.82, 2.24) is 0 Å². The molecule has 9 aliphatic rings. The Kier molecular flexibility index (Phi) is 14.4.